The number of hydrogen-bond donors (Lipinski definition) is 1. The van der Waals surface area contributed by atoms with Gasteiger partial charge in [0.1, 0.15) is 5.82 Å². The van der Waals surface area contributed by atoms with E-state index in [-0.39, 0.29) is 6.54 Å². The molecule has 0 spiro atoms. The largest absolute Gasteiger partial charge is 0.371 e. The van der Waals surface area contributed by atoms with E-state index < -0.39 is 12.0 Å². The molecule has 0 amide bonds. The van der Waals surface area contributed by atoms with Crippen molar-refractivity contribution in [1.29, 1.82) is 0 Å². The number of fused-ring (bicyclic) bond motifs is 4. The summed E-state index contributed by atoms with van der Waals surface area (Å²) in [5.41, 5.74) is 4.98. The maximum atomic E-state index is 13.0. The molecule has 5 nitrogen and oxygen atoms in total. The first kappa shape index (κ1) is 20.0. The van der Waals surface area contributed by atoms with E-state index >= 15 is 0 Å². The Morgan fingerprint density at radius 3 is 2.68 bits per heavy atom. The minimum Gasteiger partial charge on any atom is -0.371 e. The standard InChI is InChI=1S/C23H22ClF2N5/c1-12-20(15-6-5-7-18-14(15)8-9-30(18)11-19(25)26)16(24)10-17-21(12)31-13(2)28-29-22(31)23(3,4)27-17/h5-10,19,27H,11H2,1-4H3. The van der Waals surface area contributed by atoms with Crippen LogP contribution in [0.3, 0.4) is 0 Å². The van der Waals surface area contributed by atoms with Crippen molar-refractivity contribution < 1.29 is 8.78 Å². The number of anilines is 1. The van der Waals surface area contributed by atoms with Crippen molar-refractivity contribution in [2.24, 2.45) is 0 Å². The number of hydrogen-bond acceptors (Lipinski definition) is 3. The molecule has 0 saturated heterocycles. The molecule has 0 saturated carbocycles. The molecule has 1 aliphatic heterocycles. The molecular formula is C23H22ClF2N5. The third kappa shape index (κ3) is 2.94. The van der Waals surface area contributed by atoms with Gasteiger partial charge in [0.25, 0.3) is 6.43 Å². The first-order chi connectivity index (χ1) is 14.7. The Hall–Kier alpha value is -2.93. The molecule has 0 atom stereocenters. The molecular weight excluding hydrogens is 420 g/mol. The van der Waals surface area contributed by atoms with E-state index in [1.54, 1.807) is 10.8 Å². The highest BCUT2D eigenvalue weighted by molar-refractivity contribution is 6.34. The normalized spacial score (nSPS) is 14.6. The molecule has 0 unspecified atom stereocenters. The molecule has 0 radical (unpaired) electrons. The molecule has 0 fully saturated rings. The summed E-state index contributed by atoms with van der Waals surface area (Å²) in [4.78, 5) is 0. The smallest absolute Gasteiger partial charge is 0.256 e. The topological polar surface area (TPSA) is 47.7 Å². The van der Waals surface area contributed by atoms with Crippen LogP contribution in [0.1, 0.15) is 31.1 Å². The van der Waals surface area contributed by atoms with Crippen LogP contribution in [-0.4, -0.2) is 25.8 Å². The van der Waals surface area contributed by atoms with Crippen molar-refractivity contribution in [2.75, 3.05) is 5.32 Å². The molecule has 31 heavy (non-hydrogen) atoms. The average Bonchev–Trinajstić information content (AvgIpc) is 3.26. The van der Waals surface area contributed by atoms with Crippen molar-refractivity contribution in [1.82, 2.24) is 19.3 Å². The van der Waals surface area contributed by atoms with E-state index in [4.69, 9.17) is 11.6 Å². The predicted molar refractivity (Wildman–Crippen MR) is 119 cm³/mol. The van der Waals surface area contributed by atoms with Gasteiger partial charge in [-0.1, -0.05) is 23.7 Å². The minimum atomic E-state index is -2.42. The third-order valence-corrected chi connectivity index (χ3v) is 6.27. The zero-order chi connectivity index (χ0) is 22.1. The average molecular weight is 442 g/mol. The van der Waals surface area contributed by atoms with Crippen molar-refractivity contribution in [3.63, 3.8) is 0 Å². The summed E-state index contributed by atoms with van der Waals surface area (Å²) in [6.45, 7) is 7.73. The molecule has 8 heteroatoms. The monoisotopic (exact) mass is 441 g/mol. The lowest BCUT2D eigenvalue weighted by molar-refractivity contribution is 0.128. The van der Waals surface area contributed by atoms with Gasteiger partial charge < -0.3 is 9.88 Å². The lowest BCUT2D eigenvalue weighted by Gasteiger charge is -2.35. The van der Waals surface area contributed by atoms with Crippen LogP contribution >= 0.6 is 11.6 Å². The molecule has 0 aliphatic carbocycles. The second-order valence-electron chi connectivity index (χ2n) is 8.51. The number of aromatic nitrogens is 4. The second kappa shape index (κ2) is 6.79. The lowest BCUT2D eigenvalue weighted by atomic mass is 9.92. The number of benzene rings is 2. The first-order valence-electron chi connectivity index (χ1n) is 10.1. The highest BCUT2D eigenvalue weighted by Crippen LogP contribution is 2.46. The van der Waals surface area contributed by atoms with E-state index in [1.807, 2.05) is 44.2 Å². The van der Waals surface area contributed by atoms with Crippen LogP contribution in [-0.2, 0) is 12.1 Å². The predicted octanol–water partition coefficient (Wildman–Crippen LogP) is 6.08. The fraction of sp³-hybridized carbons (Fsp3) is 0.304. The van der Waals surface area contributed by atoms with Crippen molar-refractivity contribution in [3.05, 3.63) is 58.8 Å². The molecule has 1 aliphatic rings. The van der Waals surface area contributed by atoms with Crippen molar-refractivity contribution in [2.45, 2.75) is 46.2 Å². The summed E-state index contributed by atoms with van der Waals surface area (Å²) in [7, 11) is 0. The zero-order valence-electron chi connectivity index (χ0n) is 17.7. The van der Waals surface area contributed by atoms with Gasteiger partial charge in [0, 0.05) is 22.7 Å². The van der Waals surface area contributed by atoms with Gasteiger partial charge in [-0.25, -0.2) is 8.78 Å². The Kier molecular flexibility index (Phi) is 4.38. The Bertz CT molecular complexity index is 1340. The Morgan fingerprint density at radius 2 is 1.94 bits per heavy atom. The SMILES string of the molecule is Cc1c(-c2cccc3c2ccn3CC(F)F)c(Cl)cc2c1-n1c(C)nnc1C(C)(C)N2. The highest BCUT2D eigenvalue weighted by Gasteiger charge is 2.36. The van der Waals surface area contributed by atoms with Crippen LogP contribution < -0.4 is 5.32 Å². The van der Waals surface area contributed by atoms with Crippen molar-refractivity contribution >= 4 is 28.2 Å². The third-order valence-electron chi connectivity index (χ3n) is 5.97. The molecule has 3 heterocycles. The second-order valence-corrected chi connectivity index (χ2v) is 8.92. The number of nitrogens with one attached hydrogen (secondary N) is 1. The van der Waals surface area contributed by atoms with Gasteiger partial charge in [-0.05, 0) is 57.0 Å². The molecule has 5 rings (SSSR count). The molecule has 0 bridgehead atoms. The quantitative estimate of drug-likeness (QED) is 0.418. The van der Waals surface area contributed by atoms with E-state index in [0.717, 1.165) is 50.6 Å². The Balaban J connectivity index is 1.78. The summed E-state index contributed by atoms with van der Waals surface area (Å²) in [6.07, 6.45) is -0.716. The summed E-state index contributed by atoms with van der Waals surface area (Å²) in [5.74, 6) is 1.62. The van der Waals surface area contributed by atoms with Crippen LogP contribution in [0.5, 0.6) is 0 Å². The molecule has 1 N–H and O–H groups in total. The lowest BCUT2D eigenvalue weighted by Crippen LogP contribution is -2.36. The number of nitrogens with zero attached hydrogens (tertiary/aromatic N) is 4. The van der Waals surface area contributed by atoms with Gasteiger partial charge >= 0.3 is 0 Å². The van der Waals surface area contributed by atoms with Crippen LogP contribution in [0.4, 0.5) is 14.5 Å². The van der Waals surface area contributed by atoms with Crippen LogP contribution in [0.15, 0.2) is 36.5 Å². The molecule has 2 aromatic carbocycles. The van der Waals surface area contributed by atoms with E-state index in [9.17, 15) is 8.78 Å². The van der Waals surface area contributed by atoms with Gasteiger partial charge in [0.15, 0.2) is 5.82 Å². The molecule has 2 aromatic heterocycles. The zero-order valence-corrected chi connectivity index (χ0v) is 18.4. The minimum absolute atomic E-state index is 0.341. The number of alkyl halides is 2. The Morgan fingerprint density at radius 1 is 1.16 bits per heavy atom. The summed E-state index contributed by atoms with van der Waals surface area (Å²) in [5, 5.41) is 13.7. The van der Waals surface area contributed by atoms with Gasteiger partial charge in [-0.2, -0.15) is 0 Å². The maximum Gasteiger partial charge on any atom is 0.256 e. The Labute approximate surface area is 183 Å². The summed E-state index contributed by atoms with van der Waals surface area (Å²) in [6, 6.07) is 9.52. The summed E-state index contributed by atoms with van der Waals surface area (Å²) >= 11 is 6.82. The van der Waals surface area contributed by atoms with E-state index in [0.29, 0.717) is 5.02 Å². The molecule has 4 aromatic rings. The maximum absolute atomic E-state index is 13.0. The van der Waals surface area contributed by atoms with E-state index in [1.165, 1.54) is 0 Å². The van der Waals surface area contributed by atoms with Crippen molar-refractivity contribution in [3.8, 4) is 16.8 Å². The number of rotatable bonds is 3. The number of aryl methyl sites for hydroxylation is 1. The van der Waals surface area contributed by atoms with E-state index in [2.05, 4.69) is 33.9 Å². The van der Waals surface area contributed by atoms with Gasteiger partial charge in [-0.15, -0.1) is 10.2 Å². The highest BCUT2D eigenvalue weighted by atomic mass is 35.5. The fourth-order valence-electron chi connectivity index (χ4n) is 4.66. The van der Waals surface area contributed by atoms with Gasteiger partial charge in [-0.3, -0.25) is 4.57 Å². The first-order valence-corrected chi connectivity index (χ1v) is 10.5. The van der Waals surface area contributed by atoms with Crippen LogP contribution in [0.25, 0.3) is 27.7 Å². The van der Waals surface area contributed by atoms with Crippen LogP contribution in [0.2, 0.25) is 5.02 Å². The molecule has 160 valence electrons. The fourth-order valence-corrected chi connectivity index (χ4v) is 5.01. The van der Waals surface area contributed by atoms with Gasteiger partial charge in [0.05, 0.1) is 28.5 Å². The van der Waals surface area contributed by atoms with Crippen LogP contribution in [0, 0.1) is 13.8 Å². The number of halogens is 3. The summed E-state index contributed by atoms with van der Waals surface area (Å²) < 4.78 is 29.7. The van der Waals surface area contributed by atoms with Gasteiger partial charge in [0.2, 0.25) is 0 Å².